The highest BCUT2D eigenvalue weighted by atomic mass is 32.1. The van der Waals surface area contributed by atoms with Crippen LogP contribution in [-0.4, -0.2) is 21.0 Å². The molecule has 17 heavy (non-hydrogen) atoms. The summed E-state index contributed by atoms with van der Waals surface area (Å²) >= 11 is 4.96. The van der Waals surface area contributed by atoms with Crippen molar-refractivity contribution < 1.29 is 9.90 Å². The number of nitrogens with one attached hydrogen (secondary N) is 1. The average molecular weight is 246 g/mol. The Morgan fingerprint density at radius 2 is 2.12 bits per heavy atom. The number of aromatic amines is 1. The van der Waals surface area contributed by atoms with E-state index in [1.54, 1.807) is 0 Å². The number of H-pyrrole nitrogens is 1. The summed E-state index contributed by atoms with van der Waals surface area (Å²) in [6, 6.07) is 8.91. The van der Waals surface area contributed by atoms with Crippen LogP contribution in [0, 0.1) is 11.6 Å². The molecule has 0 aliphatic carbocycles. The zero-order valence-electron chi connectivity index (χ0n) is 9.10. The molecule has 5 heteroatoms. The summed E-state index contributed by atoms with van der Waals surface area (Å²) in [7, 11) is 0. The van der Waals surface area contributed by atoms with Crippen LogP contribution in [-0.2, 0) is 0 Å². The number of aryl methyl sites for hydroxylation is 1. The van der Waals surface area contributed by atoms with Gasteiger partial charge in [-0.1, -0.05) is 36.5 Å². The van der Waals surface area contributed by atoms with Crippen LogP contribution in [0.4, 0.5) is 0 Å². The van der Waals surface area contributed by atoms with Crippen molar-refractivity contribution in [3.8, 4) is 11.4 Å². The Bertz CT molecular complexity index is 634. The first kappa shape index (κ1) is 11.5. The van der Waals surface area contributed by atoms with Gasteiger partial charge in [0, 0.05) is 11.6 Å². The Kier molecular flexibility index (Phi) is 3.01. The molecule has 0 spiro atoms. The van der Waals surface area contributed by atoms with Gasteiger partial charge >= 0.3 is 5.97 Å². The Morgan fingerprint density at radius 3 is 2.76 bits per heavy atom. The molecule has 1 aromatic heterocycles. The van der Waals surface area contributed by atoms with Crippen LogP contribution < -0.4 is 0 Å². The Hall–Kier alpha value is -2.01. The summed E-state index contributed by atoms with van der Waals surface area (Å²) in [5.41, 5.74) is 1.90. The van der Waals surface area contributed by atoms with Crippen LogP contribution in [0.3, 0.4) is 0 Å². The number of nitrogens with zero attached hydrogens (tertiary/aromatic N) is 1. The van der Waals surface area contributed by atoms with E-state index in [9.17, 15) is 4.79 Å². The number of carboxylic acids is 1. The van der Waals surface area contributed by atoms with Crippen molar-refractivity contribution in [3.05, 3.63) is 46.2 Å². The molecule has 1 heterocycles. The van der Waals surface area contributed by atoms with Gasteiger partial charge in [-0.2, -0.15) is 0 Å². The number of hydrogen-bond acceptors (Lipinski definition) is 3. The predicted molar refractivity (Wildman–Crippen MR) is 66.6 cm³/mol. The van der Waals surface area contributed by atoms with Gasteiger partial charge in [-0.05, 0) is 12.5 Å². The molecule has 0 aliphatic rings. The fourth-order valence-corrected chi connectivity index (χ4v) is 1.75. The van der Waals surface area contributed by atoms with Gasteiger partial charge in [0.05, 0.1) is 0 Å². The lowest BCUT2D eigenvalue weighted by Crippen LogP contribution is -2.03. The van der Waals surface area contributed by atoms with Gasteiger partial charge in [0.15, 0.2) is 0 Å². The van der Waals surface area contributed by atoms with Crippen molar-refractivity contribution in [1.82, 2.24) is 9.97 Å². The molecule has 0 saturated carbocycles. The van der Waals surface area contributed by atoms with E-state index in [2.05, 4.69) is 9.97 Å². The van der Waals surface area contributed by atoms with Crippen LogP contribution in [0.25, 0.3) is 11.4 Å². The van der Waals surface area contributed by atoms with Crippen molar-refractivity contribution in [1.29, 1.82) is 0 Å². The molecule has 2 N–H and O–H groups in total. The van der Waals surface area contributed by atoms with E-state index in [0.717, 1.165) is 11.1 Å². The van der Waals surface area contributed by atoms with Gasteiger partial charge in [-0.15, -0.1) is 0 Å². The van der Waals surface area contributed by atoms with Crippen molar-refractivity contribution in [2.45, 2.75) is 6.92 Å². The third-order valence-corrected chi connectivity index (χ3v) is 2.58. The lowest BCUT2D eigenvalue weighted by atomic mass is 10.1. The minimum Gasteiger partial charge on any atom is -0.477 e. The quantitative estimate of drug-likeness (QED) is 0.800. The minimum atomic E-state index is -1.05. The highest BCUT2D eigenvalue weighted by Crippen LogP contribution is 2.19. The molecule has 1 aromatic carbocycles. The summed E-state index contributed by atoms with van der Waals surface area (Å²) < 4.78 is 0.263. The van der Waals surface area contributed by atoms with Crippen LogP contribution in [0.5, 0.6) is 0 Å². The first-order valence-corrected chi connectivity index (χ1v) is 5.39. The average Bonchev–Trinajstić information content (AvgIpc) is 2.28. The zero-order chi connectivity index (χ0) is 12.4. The Balaban J connectivity index is 2.64. The fourth-order valence-electron chi connectivity index (χ4n) is 1.54. The first-order chi connectivity index (χ1) is 8.08. The third kappa shape index (κ3) is 2.39. The van der Waals surface area contributed by atoms with Crippen molar-refractivity contribution >= 4 is 18.2 Å². The molecule has 0 aliphatic heterocycles. The van der Waals surface area contributed by atoms with Gasteiger partial charge in [0.1, 0.15) is 16.2 Å². The van der Waals surface area contributed by atoms with E-state index < -0.39 is 5.97 Å². The molecule has 0 radical (unpaired) electrons. The van der Waals surface area contributed by atoms with Gasteiger partial charge in [0.2, 0.25) is 0 Å². The second kappa shape index (κ2) is 4.47. The van der Waals surface area contributed by atoms with Crippen LogP contribution >= 0.6 is 12.2 Å². The fraction of sp³-hybridized carbons (Fsp3) is 0.0833. The van der Waals surface area contributed by atoms with Crippen LogP contribution in [0.15, 0.2) is 30.3 Å². The summed E-state index contributed by atoms with van der Waals surface area (Å²) in [5, 5.41) is 8.94. The first-order valence-electron chi connectivity index (χ1n) is 4.98. The molecular formula is C12H10N2O2S. The highest BCUT2D eigenvalue weighted by molar-refractivity contribution is 7.71. The molecule has 0 saturated heterocycles. The topological polar surface area (TPSA) is 66.0 Å². The van der Waals surface area contributed by atoms with Crippen LogP contribution in [0.2, 0.25) is 0 Å². The van der Waals surface area contributed by atoms with E-state index in [-0.39, 0.29) is 10.3 Å². The van der Waals surface area contributed by atoms with Gasteiger partial charge in [0.25, 0.3) is 0 Å². The monoisotopic (exact) mass is 246 g/mol. The number of aromatic nitrogens is 2. The molecule has 2 aromatic rings. The summed E-state index contributed by atoms with van der Waals surface area (Å²) in [5.74, 6) is -0.568. The van der Waals surface area contributed by atoms with Crippen molar-refractivity contribution in [2.75, 3.05) is 0 Å². The number of benzene rings is 1. The normalized spacial score (nSPS) is 10.2. The Morgan fingerprint density at radius 1 is 1.41 bits per heavy atom. The van der Waals surface area contributed by atoms with E-state index in [4.69, 9.17) is 17.3 Å². The second-order valence-electron chi connectivity index (χ2n) is 3.60. The van der Waals surface area contributed by atoms with Gasteiger partial charge in [-0.3, -0.25) is 0 Å². The van der Waals surface area contributed by atoms with E-state index in [1.807, 2.05) is 31.2 Å². The molecule has 0 unspecified atom stereocenters. The van der Waals surface area contributed by atoms with E-state index in [1.165, 1.54) is 6.07 Å². The molecule has 0 amide bonds. The maximum atomic E-state index is 10.9. The standard InChI is InChI=1S/C12H10N2O2S/c1-7-4-2-3-5-8(7)11-13-9(12(15)16)6-10(17)14-11/h2-6H,1H3,(H,15,16)(H,13,14,17). The largest absolute Gasteiger partial charge is 0.477 e. The van der Waals surface area contributed by atoms with E-state index in [0.29, 0.717) is 5.82 Å². The number of rotatable bonds is 2. The third-order valence-electron chi connectivity index (χ3n) is 2.37. The second-order valence-corrected chi connectivity index (χ2v) is 4.02. The summed E-state index contributed by atoms with van der Waals surface area (Å²) in [6.45, 7) is 1.93. The highest BCUT2D eigenvalue weighted by Gasteiger charge is 2.08. The summed E-state index contributed by atoms with van der Waals surface area (Å²) in [4.78, 5) is 17.8. The number of carboxylic acid groups (broad SMARTS) is 1. The molecule has 86 valence electrons. The molecule has 4 nitrogen and oxygen atoms in total. The van der Waals surface area contributed by atoms with E-state index >= 15 is 0 Å². The molecule has 0 atom stereocenters. The molecule has 2 rings (SSSR count). The number of hydrogen-bond donors (Lipinski definition) is 2. The number of aromatic carboxylic acids is 1. The van der Waals surface area contributed by atoms with Gasteiger partial charge < -0.3 is 10.1 Å². The maximum Gasteiger partial charge on any atom is 0.352 e. The molecular weight excluding hydrogens is 236 g/mol. The lowest BCUT2D eigenvalue weighted by Gasteiger charge is -2.05. The maximum absolute atomic E-state index is 10.9. The van der Waals surface area contributed by atoms with Gasteiger partial charge in [-0.25, -0.2) is 9.78 Å². The molecule has 0 fully saturated rings. The van der Waals surface area contributed by atoms with Crippen molar-refractivity contribution in [2.24, 2.45) is 0 Å². The Labute approximate surface area is 103 Å². The minimum absolute atomic E-state index is 0.0447. The zero-order valence-corrected chi connectivity index (χ0v) is 9.91. The van der Waals surface area contributed by atoms with Crippen LogP contribution in [0.1, 0.15) is 16.1 Å². The SMILES string of the molecule is Cc1ccccc1-c1nc(=S)cc(C(=O)O)[nH]1. The van der Waals surface area contributed by atoms with Crippen molar-refractivity contribution in [3.63, 3.8) is 0 Å². The number of carbonyl (C=O) groups is 1. The lowest BCUT2D eigenvalue weighted by molar-refractivity contribution is 0.0690. The smallest absolute Gasteiger partial charge is 0.352 e. The molecule has 0 bridgehead atoms. The predicted octanol–water partition coefficient (Wildman–Crippen LogP) is 2.81. The summed E-state index contributed by atoms with van der Waals surface area (Å²) in [6.07, 6.45) is 0.